The van der Waals surface area contributed by atoms with Crippen molar-refractivity contribution < 1.29 is 19.1 Å². The molecule has 6 nitrogen and oxygen atoms in total. The predicted octanol–water partition coefficient (Wildman–Crippen LogP) is 2.41. The average molecular weight is 347 g/mol. The Morgan fingerprint density at radius 2 is 1.50 bits per heavy atom. The van der Waals surface area contributed by atoms with Crippen molar-refractivity contribution in [3.63, 3.8) is 0 Å². The van der Waals surface area contributed by atoms with E-state index in [1.165, 1.54) is 7.05 Å². The quantitative estimate of drug-likeness (QED) is 0.814. The molecule has 2 aromatic carbocycles. The van der Waals surface area contributed by atoms with E-state index in [9.17, 15) is 14.4 Å². The van der Waals surface area contributed by atoms with Crippen molar-refractivity contribution in [2.45, 2.75) is 0 Å². The van der Waals surface area contributed by atoms with E-state index in [1.807, 2.05) is 0 Å². The van der Waals surface area contributed by atoms with Gasteiger partial charge >= 0.3 is 6.03 Å². The number of halogens is 1. The number of hydrogen-bond donors (Lipinski definition) is 2. The first-order valence-electron chi connectivity index (χ1n) is 7.04. The first-order valence-corrected chi connectivity index (χ1v) is 7.42. The highest BCUT2D eigenvalue weighted by molar-refractivity contribution is 6.30. The minimum absolute atomic E-state index is 0.143. The number of benzene rings is 2. The summed E-state index contributed by atoms with van der Waals surface area (Å²) in [6.07, 6.45) is 0. The molecule has 0 radical (unpaired) electrons. The normalized spacial score (nSPS) is 9.92. The van der Waals surface area contributed by atoms with Gasteiger partial charge in [0.25, 0.3) is 5.91 Å². The Balaban J connectivity index is 1.95. The summed E-state index contributed by atoms with van der Waals surface area (Å²) in [5.41, 5.74) is 1.01. The smallest absolute Gasteiger partial charge is 0.321 e. The molecule has 0 spiro atoms. The molecule has 24 heavy (non-hydrogen) atoms. The number of carbonyl (C=O) groups excluding carboxylic acids is 3. The number of imide groups is 1. The van der Waals surface area contributed by atoms with Gasteiger partial charge in [-0.15, -0.1) is 0 Å². The van der Waals surface area contributed by atoms with Crippen LogP contribution >= 0.6 is 11.6 Å². The van der Waals surface area contributed by atoms with E-state index in [0.717, 1.165) is 0 Å². The standard InChI is InChI=1S/C17H15ClN2O4/c1-19-17(23)20-15(21)10-24-14-8-4-12(5-9-14)16(22)11-2-6-13(18)7-3-11/h2-9H,10H2,1H3,(H2,19,20,21,23). The van der Waals surface area contributed by atoms with E-state index in [1.54, 1.807) is 48.5 Å². The van der Waals surface area contributed by atoms with Crippen molar-refractivity contribution in [1.29, 1.82) is 0 Å². The Morgan fingerprint density at radius 1 is 0.958 bits per heavy atom. The molecule has 2 rings (SSSR count). The van der Waals surface area contributed by atoms with Crippen LogP contribution < -0.4 is 15.4 Å². The van der Waals surface area contributed by atoms with Crippen LogP contribution in [-0.4, -0.2) is 31.4 Å². The number of nitrogens with one attached hydrogen (secondary N) is 2. The van der Waals surface area contributed by atoms with Crippen LogP contribution in [0.4, 0.5) is 4.79 Å². The summed E-state index contributed by atoms with van der Waals surface area (Å²) in [4.78, 5) is 34.7. The zero-order chi connectivity index (χ0) is 17.5. The lowest BCUT2D eigenvalue weighted by molar-refractivity contribution is -0.122. The number of rotatable bonds is 5. The molecule has 0 unspecified atom stereocenters. The molecule has 0 aliphatic carbocycles. The number of carbonyl (C=O) groups is 3. The molecule has 0 saturated heterocycles. The van der Waals surface area contributed by atoms with Crippen molar-refractivity contribution >= 4 is 29.3 Å². The van der Waals surface area contributed by atoms with Gasteiger partial charge in [-0.05, 0) is 48.5 Å². The Hall–Kier alpha value is -2.86. The topological polar surface area (TPSA) is 84.5 Å². The SMILES string of the molecule is CNC(=O)NC(=O)COc1ccc(C(=O)c2ccc(Cl)cc2)cc1. The molecule has 2 aromatic rings. The molecule has 0 saturated carbocycles. The maximum Gasteiger partial charge on any atom is 0.321 e. The van der Waals surface area contributed by atoms with E-state index in [-0.39, 0.29) is 12.4 Å². The highest BCUT2D eigenvalue weighted by atomic mass is 35.5. The van der Waals surface area contributed by atoms with Crippen LogP contribution in [0.3, 0.4) is 0 Å². The van der Waals surface area contributed by atoms with Crippen molar-refractivity contribution in [1.82, 2.24) is 10.6 Å². The van der Waals surface area contributed by atoms with E-state index in [4.69, 9.17) is 16.3 Å². The Kier molecular flexibility index (Phi) is 5.92. The highest BCUT2D eigenvalue weighted by Crippen LogP contribution is 2.17. The van der Waals surface area contributed by atoms with Gasteiger partial charge in [-0.25, -0.2) is 4.79 Å². The summed E-state index contributed by atoms with van der Waals surface area (Å²) in [7, 11) is 1.40. The van der Waals surface area contributed by atoms with Crippen LogP contribution in [0, 0.1) is 0 Å². The lowest BCUT2D eigenvalue weighted by Crippen LogP contribution is -2.39. The number of amides is 3. The minimum atomic E-state index is -0.604. The number of ketones is 1. The van der Waals surface area contributed by atoms with Crippen molar-refractivity contribution in [2.75, 3.05) is 13.7 Å². The van der Waals surface area contributed by atoms with Gasteiger partial charge in [0.05, 0.1) is 0 Å². The Morgan fingerprint density at radius 3 is 2.04 bits per heavy atom. The fraction of sp³-hybridized carbons (Fsp3) is 0.118. The molecule has 0 aliphatic heterocycles. The first-order chi connectivity index (χ1) is 11.5. The molecule has 3 amide bonds. The molecule has 124 valence electrons. The third-order valence-electron chi connectivity index (χ3n) is 3.07. The molecule has 0 fully saturated rings. The van der Waals surface area contributed by atoms with Gasteiger partial charge in [0.1, 0.15) is 5.75 Å². The third kappa shape index (κ3) is 4.82. The van der Waals surface area contributed by atoms with Crippen molar-refractivity contribution in [3.05, 3.63) is 64.7 Å². The Bertz CT molecular complexity index is 742. The molecule has 0 aliphatic rings. The van der Waals surface area contributed by atoms with E-state index >= 15 is 0 Å². The number of ether oxygens (including phenoxy) is 1. The van der Waals surface area contributed by atoms with Gasteiger partial charge in [0.15, 0.2) is 12.4 Å². The van der Waals surface area contributed by atoms with Crippen LogP contribution in [0.1, 0.15) is 15.9 Å². The Labute approximate surface area is 143 Å². The summed E-state index contributed by atoms with van der Waals surface area (Å²) in [6.45, 7) is -0.308. The molecule has 0 heterocycles. The van der Waals surface area contributed by atoms with Gasteiger partial charge < -0.3 is 10.1 Å². The van der Waals surface area contributed by atoms with E-state index in [2.05, 4.69) is 10.6 Å². The summed E-state index contributed by atoms with van der Waals surface area (Å²) in [6, 6.07) is 12.4. The number of urea groups is 1. The number of hydrogen-bond acceptors (Lipinski definition) is 4. The fourth-order valence-corrected chi connectivity index (χ4v) is 1.97. The lowest BCUT2D eigenvalue weighted by atomic mass is 10.0. The molecule has 0 bridgehead atoms. The molecule has 7 heteroatoms. The maximum atomic E-state index is 12.3. The second-order valence-electron chi connectivity index (χ2n) is 4.78. The van der Waals surface area contributed by atoms with E-state index < -0.39 is 11.9 Å². The molecule has 2 N–H and O–H groups in total. The van der Waals surface area contributed by atoms with Crippen LogP contribution in [0.25, 0.3) is 0 Å². The zero-order valence-corrected chi connectivity index (χ0v) is 13.6. The molecule has 0 atom stereocenters. The van der Waals surface area contributed by atoms with Crippen LogP contribution in [-0.2, 0) is 4.79 Å². The summed E-state index contributed by atoms with van der Waals surface area (Å²) < 4.78 is 5.25. The average Bonchev–Trinajstić information content (AvgIpc) is 2.60. The van der Waals surface area contributed by atoms with Gasteiger partial charge in [0.2, 0.25) is 0 Å². The van der Waals surface area contributed by atoms with E-state index in [0.29, 0.717) is 21.9 Å². The van der Waals surface area contributed by atoms with Gasteiger partial charge in [0, 0.05) is 23.2 Å². The van der Waals surface area contributed by atoms with Gasteiger partial charge in [-0.1, -0.05) is 11.6 Å². The summed E-state index contributed by atoms with van der Waals surface area (Å²) in [5, 5.41) is 4.90. The third-order valence-corrected chi connectivity index (χ3v) is 3.32. The second-order valence-corrected chi connectivity index (χ2v) is 5.21. The van der Waals surface area contributed by atoms with Crippen LogP contribution in [0.2, 0.25) is 5.02 Å². The van der Waals surface area contributed by atoms with Gasteiger partial charge in [-0.3, -0.25) is 14.9 Å². The molecular formula is C17H15ClN2O4. The van der Waals surface area contributed by atoms with Crippen LogP contribution in [0.15, 0.2) is 48.5 Å². The minimum Gasteiger partial charge on any atom is -0.484 e. The molecular weight excluding hydrogens is 332 g/mol. The second kappa shape index (κ2) is 8.12. The monoisotopic (exact) mass is 346 g/mol. The van der Waals surface area contributed by atoms with Crippen molar-refractivity contribution in [2.24, 2.45) is 0 Å². The lowest BCUT2D eigenvalue weighted by Gasteiger charge is -2.07. The maximum absolute atomic E-state index is 12.3. The molecule has 0 aromatic heterocycles. The predicted molar refractivity (Wildman–Crippen MR) is 89.4 cm³/mol. The summed E-state index contributed by atoms with van der Waals surface area (Å²) in [5.74, 6) is -0.305. The zero-order valence-electron chi connectivity index (χ0n) is 12.8. The first kappa shape index (κ1) is 17.5. The van der Waals surface area contributed by atoms with Gasteiger partial charge in [-0.2, -0.15) is 0 Å². The largest absolute Gasteiger partial charge is 0.484 e. The fourth-order valence-electron chi connectivity index (χ4n) is 1.84. The summed E-state index contributed by atoms with van der Waals surface area (Å²) >= 11 is 5.80. The van der Waals surface area contributed by atoms with Crippen molar-refractivity contribution in [3.8, 4) is 5.75 Å². The van der Waals surface area contributed by atoms with Crippen LogP contribution in [0.5, 0.6) is 5.75 Å². The highest BCUT2D eigenvalue weighted by Gasteiger charge is 2.10.